The lowest BCUT2D eigenvalue weighted by Crippen LogP contribution is -2.43. The summed E-state index contributed by atoms with van der Waals surface area (Å²) in [7, 11) is 1.92. The smallest absolute Gasteiger partial charge is 0.226 e. The van der Waals surface area contributed by atoms with Crippen LogP contribution >= 0.6 is 0 Å². The fourth-order valence-electron chi connectivity index (χ4n) is 2.79. The minimum Gasteiger partial charge on any atom is -0.339 e. The maximum atomic E-state index is 12.6. The Morgan fingerprint density at radius 3 is 2.68 bits per heavy atom. The van der Waals surface area contributed by atoms with Crippen molar-refractivity contribution >= 4 is 5.91 Å². The van der Waals surface area contributed by atoms with E-state index in [9.17, 15) is 4.79 Å². The van der Waals surface area contributed by atoms with Crippen molar-refractivity contribution in [2.24, 2.45) is 5.92 Å². The van der Waals surface area contributed by atoms with Gasteiger partial charge in [-0.1, -0.05) is 30.3 Å². The van der Waals surface area contributed by atoms with Gasteiger partial charge in [0.15, 0.2) is 0 Å². The van der Waals surface area contributed by atoms with E-state index in [-0.39, 0.29) is 17.9 Å². The third-order valence-corrected chi connectivity index (χ3v) is 4.18. The number of rotatable bonds is 3. The molecular formula is C16H24N2O. The molecule has 1 aliphatic rings. The second-order valence-corrected chi connectivity index (χ2v) is 5.61. The second kappa shape index (κ2) is 6.20. The van der Waals surface area contributed by atoms with Gasteiger partial charge in [-0.25, -0.2) is 0 Å². The Balaban J connectivity index is 2.02. The van der Waals surface area contributed by atoms with E-state index in [1.807, 2.05) is 30.1 Å². The summed E-state index contributed by atoms with van der Waals surface area (Å²) in [5.74, 6) is 0.456. The standard InChI is InChI=1S/C16H24N2O/c1-12-11-15(9-10-17-12)16(19)18(3)13(2)14-7-5-4-6-8-14/h4-8,12-13,15,17H,9-11H2,1-3H3/t12-,13?,15-/m0/s1. The van der Waals surface area contributed by atoms with Crippen LogP contribution in [0.3, 0.4) is 0 Å². The molecule has 1 fully saturated rings. The molecule has 3 atom stereocenters. The Morgan fingerprint density at radius 2 is 2.05 bits per heavy atom. The van der Waals surface area contributed by atoms with Gasteiger partial charge in [-0.3, -0.25) is 4.79 Å². The summed E-state index contributed by atoms with van der Waals surface area (Å²) in [5.41, 5.74) is 1.19. The molecule has 1 unspecified atom stereocenters. The van der Waals surface area contributed by atoms with Gasteiger partial charge in [0.05, 0.1) is 6.04 Å². The summed E-state index contributed by atoms with van der Waals surface area (Å²) in [6.45, 7) is 5.20. The van der Waals surface area contributed by atoms with Crippen molar-refractivity contribution in [3.63, 3.8) is 0 Å². The number of amides is 1. The normalized spacial score (nSPS) is 24.8. The Bertz CT molecular complexity index is 418. The Kier molecular flexibility index (Phi) is 4.59. The molecule has 0 spiro atoms. The van der Waals surface area contributed by atoms with Crippen LogP contribution in [0.2, 0.25) is 0 Å². The van der Waals surface area contributed by atoms with Gasteiger partial charge in [0.1, 0.15) is 0 Å². The van der Waals surface area contributed by atoms with Crippen molar-refractivity contribution in [2.45, 2.75) is 38.8 Å². The zero-order valence-corrected chi connectivity index (χ0v) is 12.1. The SMILES string of the molecule is CC(c1ccccc1)N(C)C(=O)[C@H]1CCN[C@@H](C)C1. The molecule has 0 aliphatic carbocycles. The van der Waals surface area contributed by atoms with Gasteiger partial charge in [-0.15, -0.1) is 0 Å². The predicted molar refractivity (Wildman–Crippen MR) is 77.8 cm³/mol. The van der Waals surface area contributed by atoms with Crippen LogP contribution in [-0.4, -0.2) is 30.4 Å². The van der Waals surface area contributed by atoms with Crippen LogP contribution in [0.1, 0.15) is 38.3 Å². The van der Waals surface area contributed by atoms with Crippen molar-refractivity contribution < 1.29 is 4.79 Å². The van der Waals surface area contributed by atoms with Crippen LogP contribution < -0.4 is 5.32 Å². The van der Waals surface area contributed by atoms with Crippen molar-refractivity contribution in [1.29, 1.82) is 0 Å². The molecule has 0 radical (unpaired) electrons. The van der Waals surface area contributed by atoms with Crippen molar-refractivity contribution in [2.75, 3.05) is 13.6 Å². The number of carbonyl (C=O) groups is 1. The molecule has 1 aromatic carbocycles. The zero-order valence-electron chi connectivity index (χ0n) is 12.1. The van der Waals surface area contributed by atoms with Gasteiger partial charge >= 0.3 is 0 Å². The molecule has 0 aromatic heterocycles. The first kappa shape index (κ1) is 14.1. The monoisotopic (exact) mass is 260 g/mol. The summed E-state index contributed by atoms with van der Waals surface area (Å²) in [4.78, 5) is 14.5. The van der Waals surface area contributed by atoms with E-state index in [1.54, 1.807) is 0 Å². The average Bonchev–Trinajstić information content (AvgIpc) is 2.46. The largest absolute Gasteiger partial charge is 0.339 e. The van der Waals surface area contributed by atoms with Crippen molar-refractivity contribution in [3.8, 4) is 0 Å². The van der Waals surface area contributed by atoms with E-state index < -0.39 is 0 Å². The Hall–Kier alpha value is -1.35. The summed E-state index contributed by atoms with van der Waals surface area (Å²) < 4.78 is 0. The second-order valence-electron chi connectivity index (χ2n) is 5.61. The number of piperidine rings is 1. The quantitative estimate of drug-likeness (QED) is 0.906. The molecule has 1 saturated heterocycles. The molecule has 3 heteroatoms. The molecule has 1 heterocycles. The highest BCUT2D eigenvalue weighted by atomic mass is 16.2. The predicted octanol–water partition coefficient (Wildman–Crippen LogP) is 2.59. The van der Waals surface area contributed by atoms with Gasteiger partial charge < -0.3 is 10.2 Å². The van der Waals surface area contributed by atoms with E-state index in [4.69, 9.17) is 0 Å². The Morgan fingerprint density at radius 1 is 1.37 bits per heavy atom. The number of carbonyl (C=O) groups excluding carboxylic acids is 1. The van der Waals surface area contributed by atoms with Crippen LogP contribution in [-0.2, 0) is 4.79 Å². The van der Waals surface area contributed by atoms with Crippen molar-refractivity contribution in [1.82, 2.24) is 10.2 Å². The highest BCUT2D eigenvalue weighted by molar-refractivity contribution is 5.79. The van der Waals surface area contributed by atoms with E-state index in [1.165, 1.54) is 5.56 Å². The molecule has 3 nitrogen and oxygen atoms in total. The maximum Gasteiger partial charge on any atom is 0.226 e. The first-order valence-corrected chi connectivity index (χ1v) is 7.14. The van der Waals surface area contributed by atoms with Gasteiger partial charge in [0.25, 0.3) is 0 Å². The number of hydrogen-bond donors (Lipinski definition) is 1. The number of nitrogens with one attached hydrogen (secondary N) is 1. The van der Waals surface area contributed by atoms with Crippen LogP contribution in [0.15, 0.2) is 30.3 Å². The number of hydrogen-bond acceptors (Lipinski definition) is 2. The summed E-state index contributed by atoms with van der Waals surface area (Å²) >= 11 is 0. The van der Waals surface area contributed by atoms with E-state index in [0.717, 1.165) is 19.4 Å². The summed E-state index contributed by atoms with van der Waals surface area (Å²) in [6, 6.07) is 10.8. The third-order valence-electron chi connectivity index (χ3n) is 4.18. The molecule has 1 aromatic rings. The fraction of sp³-hybridized carbons (Fsp3) is 0.562. The highest BCUT2D eigenvalue weighted by Gasteiger charge is 2.29. The van der Waals surface area contributed by atoms with E-state index in [2.05, 4.69) is 31.3 Å². The summed E-state index contributed by atoms with van der Waals surface area (Å²) in [6.07, 6.45) is 1.90. The molecule has 2 rings (SSSR count). The fourth-order valence-corrected chi connectivity index (χ4v) is 2.79. The average molecular weight is 260 g/mol. The lowest BCUT2D eigenvalue weighted by atomic mass is 9.91. The molecule has 1 amide bonds. The van der Waals surface area contributed by atoms with Crippen LogP contribution in [0.5, 0.6) is 0 Å². The molecule has 104 valence electrons. The van der Waals surface area contributed by atoms with E-state index >= 15 is 0 Å². The minimum absolute atomic E-state index is 0.138. The molecule has 1 N–H and O–H groups in total. The molecular weight excluding hydrogens is 236 g/mol. The van der Waals surface area contributed by atoms with Crippen LogP contribution in [0.4, 0.5) is 0 Å². The maximum absolute atomic E-state index is 12.6. The van der Waals surface area contributed by atoms with Gasteiger partial charge in [0, 0.05) is 19.0 Å². The summed E-state index contributed by atoms with van der Waals surface area (Å²) in [5, 5.41) is 3.40. The number of nitrogens with zero attached hydrogens (tertiary/aromatic N) is 1. The molecule has 1 aliphatic heterocycles. The highest BCUT2D eigenvalue weighted by Crippen LogP contribution is 2.24. The van der Waals surface area contributed by atoms with Crippen LogP contribution in [0, 0.1) is 5.92 Å². The third kappa shape index (κ3) is 3.35. The molecule has 19 heavy (non-hydrogen) atoms. The lowest BCUT2D eigenvalue weighted by Gasteiger charge is -2.33. The van der Waals surface area contributed by atoms with Gasteiger partial charge in [-0.2, -0.15) is 0 Å². The zero-order chi connectivity index (χ0) is 13.8. The minimum atomic E-state index is 0.138. The first-order chi connectivity index (χ1) is 9.09. The molecule has 0 saturated carbocycles. The molecule has 0 bridgehead atoms. The van der Waals surface area contributed by atoms with Gasteiger partial charge in [0.2, 0.25) is 5.91 Å². The first-order valence-electron chi connectivity index (χ1n) is 7.14. The van der Waals surface area contributed by atoms with Crippen molar-refractivity contribution in [3.05, 3.63) is 35.9 Å². The lowest BCUT2D eigenvalue weighted by molar-refractivity contribution is -0.137. The van der Waals surface area contributed by atoms with E-state index in [0.29, 0.717) is 6.04 Å². The Labute approximate surface area is 116 Å². The number of benzene rings is 1. The topological polar surface area (TPSA) is 32.3 Å². The van der Waals surface area contributed by atoms with Crippen LogP contribution in [0.25, 0.3) is 0 Å². The van der Waals surface area contributed by atoms with Gasteiger partial charge in [-0.05, 0) is 38.8 Å².